The minimum atomic E-state index is -0.157. The van der Waals surface area contributed by atoms with Gasteiger partial charge in [0.1, 0.15) is 0 Å². The van der Waals surface area contributed by atoms with Crippen molar-refractivity contribution in [1.29, 1.82) is 0 Å². The van der Waals surface area contributed by atoms with Gasteiger partial charge in [0.05, 0.1) is 11.4 Å². The van der Waals surface area contributed by atoms with Crippen molar-refractivity contribution in [2.24, 2.45) is 7.05 Å². The molecule has 0 bridgehead atoms. The molecule has 0 saturated heterocycles. The van der Waals surface area contributed by atoms with Gasteiger partial charge in [0.2, 0.25) is 5.16 Å². The largest absolute Gasteiger partial charge is 0.297 e. The summed E-state index contributed by atoms with van der Waals surface area (Å²) in [6.45, 7) is 1.89. The Bertz CT molecular complexity index is 1110. The molecule has 0 aliphatic heterocycles. The zero-order chi connectivity index (χ0) is 18.8. The first-order valence-corrected chi connectivity index (χ1v) is 9.45. The van der Waals surface area contributed by atoms with Gasteiger partial charge in [-0.1, -0.05) is 60.3 Å². The average molecular weight is 378 g/mol. The molecule has 4 rings (SSSR count). The second kappa shape index (κ2) is 7.24. The molecule has 0 amide bonds. The number of benzene rings is 2. The first-order chi connectivity index (χ1) is 13.2. The fraction of sp³-hybridized carbons (Fsp3) is 0.158. The van der Waals surface area contributed by atoms with Gasteiger partial charge in [-0.15, -0.1) is 5.10 Å². The first kappa shape index (κ1) is 17.3. The summed E-state index contributed by atoms with van der Waals surface area (Å²) in [5, 5.41) is 12.6. The molecule has 0 saturated carbocycles. The number of tetrazole rings is 1. The third-order valence-electron chi connectivity index (χ3n) is 4.39. The Kier molecular flexibility index (Phi) is 4.64. The van der Waals surface area contributed by atoms with Gasteiger partial charge in [0.25, 0.3) is 5.56 Å². The third-order valence-corrected chi connectivity index (χ3v) is 5.38. The molecule has 4 aromatic rings. The van der Waals surface area contributed by atoms with Gasteiger partial charge in [0.15, 0.2) is 5.69 Å². The number of rotatable bonds is 5. The molecule has 0 spiro atoms. The zero-order valence-corrected chi connectivity index (χ0v) is 15.8. The molecule has 0 N–H and O–H groups in total. The molecule has 8 heteroatoms. The van der Waals surface area contributed by atoms with Gasteiger partial charge in [-0.3, -0.25) is 9.48 Å². The van der Waals surface area contributed by atoms with Crippen molar-refractivity contribution in [2.75, 3.05) is 0 Å². The number of para-hydroxylation sites is 1. The van der Waals surface area contributed by atoms with Crippen molar-refractivity contribution in [1.82, 2.24) is 29.6 Å². The number of hydrogen-bond donors (Lipinski definition) is 0. The van der Waals surface area contributed by atoms with E-state index in [9.17, 15) is 4.79 Å². The summed E-state index contributed by atoms with van der Waals surface area (Å²) in [6, 6.07) is 19.6. The minimum absolute atomic E-state index is 0.157. The van der Waals surface area contributed by atoms with Crippen LogP contribution in [0.15, 0.2) is 70.6 Å². The fourth-order valence-corrected chi connectivity index (χ4v) is 3.76. The van der Waals surface area contributed by atoms with Crippen LogP contribution in [-0.4, -0.2) is 29.6 Å². The Labute approximate surface area is 160 Å². The summed E-state index contributed by atoms with van der Waals surface area (Å²) < 4.78 is 4.98. The molecule has 0 aliphatic rings. The maximum absolute atomic E-state index is 13.2. The van der Waals surface area contributed by atoms with E-state index < -0.39 is 0 Å². The van der Waals surface area contributed by atoms with E-state index in [4.69, 9.17) is 0 Å². The van der Waals surface area contributed by atoms with Crippen LogP contribution >= 0.6 is 11.8 Å². The molecule has 136 valence electrons. The first-order valence-electron chi connectivity index (χ1n) is 8.46. The SMILES string of the molecule is Cc1c(-n2nnnc2SCc2ccccc2)c(=O)n(-c2ccccc2)n1C. The Morgan fingerprint density at radius 1 is 1.00 bits per heavy atom. The standard InChI is InChI=1S/C19H18N6OS/c1-14-17(18(26)25(23(14)2)16-11-7-4-8-12-16)24-19(20-21-22-24)27-13-15-9-5-3-6-10-15/h3-12H,13H2,1-2H3. The molecule has 0 aliphatic carbocycles. The molecule has 2 aromatic heterocycles. The Hall–Kier alpha value is -3.13. The summed E-state index contributed by atoms with van der Waals surface area (Å²) in [6.07, 6.45) is 0. The molecular formula is C19H18N6OS. The van der Waals surface area contributed by atoms with Crippen LogP contribution in [0.3, 0.4) is 0 Å². The highest BCUT2D eigenvalue weighted by molar-refractivity contribution is 7.98. The van der Waals surface area contributed by atoms with E-state index >= 15 is 0 Å². The highest BCUT2D eigenvalue weighted by Gasteiger charge is 2.21. The molecule has 0 radical (unpaired) electrons. The summed E-state index contributed by atoms with van der Waals surface area (Å²) in [7, 11) is 1.86. The van der Waals surface area contributed by atoms with Crippen LogP contribution in [0.25, 0.3) is 11.4 Å². The highest BCUT2D eigenvalue weighted by atomic mass is 32.2. The smallest absolute Gasteiger partial charge is 0.283 e. The van der Waals surface area contributed by atoms with Crippen molar-refractivity contribution >= 4 is 11.8 Å². The lowest BCUT2D eigenvalue weighted by molar-refractivity contribution is 0.630. The Morgan fingerprint density at radius 2 is 1.67 bits per heavy atom. The van der Waals surface area contributed by atoms with Gasteiger partial charge in [-0.05, 0) is 35.0 Å². The minimum Gasteiger partial charge on any atom is -0.283 e. The van der Waals surface area contributed by atoms with Crippen LogP contribution in [0.1, 0.15) is 11.3 Å². The van der Waals surface area contributed by atoms with E-state index in [0.717, 1.165) is 17.1 Å². The summed E-state index contributed by atoms with van der Waals surface area (Å²) >= 11 is 1.50. The lowest BCUT2D eigenvalue weighted by Crippen LogP contribution is -2.22. The lowest BCUT2D eigenvalue weighted by atomic mass is 10.2. The van der Waals surface area contributed by atoms with Crippen molar-refractivity contribution in [3.8, 4) is 11.4 Å². The van der Waals surface area contributed by atoms with Crippen LogP contribution in [0, 0.1) is 6.92 Å². The number of hydrogen-bond acceptors (Lipinski definition) is 5. The van der Waals surface area contributed by atoms with Gasteiger partial charge < -0.3 is 0 Å². The monoisotopic (exact) mass is 378 g/mol. The topological polar surface area (TPSA) is 70.5 Å². The van der Waals surface area contributed by atoms with Crippen LogP contribution < -0.4 is 5.56 Å². The normalized spacial score (nSPS) is 11.0. The molecule has 2 aromatic carbocycles. The van der Waals surface area contributed by atoms with E-state index in [2.05, 4.69) is 27.7 Å². The van der Waals surface area contributed by atoms with Crippen LogP contribution in [-0.2, 0) is 12.8 Å². The molecule has 27 heavy (non-hydrogen) atoms. The van der Waals surface area contributed by atoms with Gasteiger partial charge in [0, 0.05) is 12.8 Å². The second-order valence-electron chi connectivity index (χ2n) is 6.06. The van der Waals surface area contributed by atoms with Crippen LogP contribution in [0.2, 0.25) is 0 Å². The van der Waals surface area contributed by atoms with Crippen molar-refractivity contribution < 1.29 is 0 Å². The van der Waals surface area contributed by atoms with Crippen molar-refractivity contribution in [2.45, 2.75) is 17.8 Å². The summed E-state index contributed by atoms with van der Waals surface area (Å²) in [5.41, 5.74) is 3.06. The third kappa shape index (κ3) is 3.19. The maximum atomic E-state index is 13.2. The molecule has 0 fully saturated rings. The van der Waals surface area contributed by atoms with Gasteiger partial charge >= 0.3 is 0 Å². The molecule has 7 nitrogen and oxygen atoms in total. The Balaban J connectivity index is 1.73. The van der Waals surface area contributed by atoms with Gasteiger partial charge in [-0.25, -0.2) is 4.68 Å². The van der Waals surface area contributed by atoms with E-state index in [1.165, 1.54) is 22.0 Å². The van der Waals surface area contributed by atoms with E-state index in [1.807, 2.05) is 67.2 Å². The zero-order valence-electron chi connectivity index (χ0n) is 15.0. The van der Waals surface area contributed by atoms with Crippen LogP contribution in [0.5, 0.6) is 0 Å². The maximum Gasteiger partial charge on any atom is 0.297 e. The summed E-state index contributed by atoms with van der Waals surface area (Å²) in [4.78, 5) is 13.2. The Morgan fingerprint density at radius 3 is 2.37 bits per heavy atom. The van der Waals surface area contributed by atoms with Crippen molar-refractivity contribution in [3.05, 3.63) is 82.3 Å². The predicted octanol–water partition coefficient (Wildman–Crippen LogP) is 2.75. The van der Waals surface area contributed by atoms with E-state index in [1.54, 1.807) is 4.68 Å². The fourth-order valence-electron chi connectivity index (χ4n) is 2.93. The lowest BCUT2D eigenvalue weighted by Gasteiger charge is -2.07. The number of thioether (sulfide) groups is 1. The average Bonchev–Trinajstić information content (AvgIpc) is 3.24. The quantitative estimate of drug-likeness (QED) is 0.500. The summed E-state index contributed by atoms with van der Waals surface area (Å²) in [5.74, 6) is 0.722. The predicted molar refractivity (Wildman–Crippen MR) is 104 cm³/mol. The molecule has 0 atom stereocenters. The second-order valence-corrected chi connectivity index (χ2v) is 7.00. The van der Waals surface area contributed by atoms with E-state index in [0.29, 0.717) is 10.8 Å². The molecular weight excluding hydrogens is 360 g/mol. The molecule has 0 unspecified atom stereocenters. The van der Waals surface area contributed by atoms with Gasteiger partial charge in [-0.2, -0.15) is 4.68 Å². The van der Waals surface area contributed by atoms with E-state index in [-0.39, 0.29) is 5.56 Å². The molecule has 2 heterocycles. The van der Waals surface area contributed by atoms with Crippen molar-refractivity contribution in [3.63, 3.8) is 0 Å². The number of nitrogens with zero attached hydrogens (tertiary/aromatic N) is 6. The highest BCUT2D eigenvalue weighted by Crippen LogP contribution is 2.23. The van der Waals surface area contributed by atoms with Crippen LogP contribution in [0.4, 0.5) is 0 Å². The number of aromatic nitrogens is 6.